The highest BCUT2D eigenvalue weighted by atomic mass is 16.5. The van der Waals surface area contributed by atoms with Gasteiger partial charge in [-0.1, -0.05) is 0 Å². The highest BCUT2D eigenvalue weighted by Gasteiger charge is 2.31. The first-order valence-corrected chi connectivity index (χ1v) is 8.68. The van der Waals surface area contributed by atoms with E-state index in [1.165, 1.54) is 0 Å². The average Bonchev–Trinajstić information content (AvgIpc) is 2.69. The van der Waals surface area contributed by atoms with Crippen molar-refractivity contribution in [2.24, 2.45) is 0 Å². The van der Waals surface area contributed by atoms with Crippen LogP contribution in [0.3, 0.4) is 0 Å². The van der Waals surface area contributed by atoms with Crippen molar-refractivity contribution >= 4 is 23.5 Å². The number of nitrogens with one attached hydrogen (secondary N) is 2. The molecule has 1 aromatic heterocycles. The summed E-state index contributed by atoms with van der Waals surface area (Å²) < 4.78 is 5.36. The monoisotopic (exact) mass is 369 g/mol. The standard InChI is InChI=1S/C18H19N5O4/c24-14-9-23(7-4-12(14)22-18-19-5-1-6-20-18)17(26)11-2-3-13-15(8-11)27-10-16(25)21-13/h1-3,5-6,8,12,14,24H,4,7,9-10H2,(H,21,25)(H,19,20,22)/t12-,14-/m1/s1. The van der Waals surface area contributed by atoms with Crippen LogP contribution in [-0.2, 0) is 4.79 Å². The maximum absolute atomic E-state index is 12.8. The molecule has 9 heteroatoms. The number of β-amino-alcohol motifs (C(OH)–C–C–N with tert-alkyl or cyclic N) is 1. The van der Waals surface area contributed by atoms with Crippen LogP contribution in [0, 0.1) is 0 Å². The lowest BCUT2D eigenvalue weighted by atomic mass is 10.0. The van der Waals surface area contributed by atoms with Gasteiger partial charge in [-0.2, -0.15) is 0 Å². The number of benzene rings is 1. The van der Waals surface area contributed by atoms with E-state index in [0.29, 0.717) is 35.9 Å². The van der Waals surface area contributed by atoms with E-state index < -0.39 is 6.10 Å². The van der Waals surface area contributed by atoms with Gasteiger partial charge in [-0.3, -0.25) is 9.59 Å². The number of nitrogens with zero attached hydrogens (tertiary/aromatic N) is 3. The molecule has 2 aliphatic rings. The van der Waals surface area contributed by atoms with Crippen molar-refractivity contribution in [1.82, 2.24) is 14.9 Å². The number of amides is 2. The molecule has 1 fully saturated rings. The Morgan fingerprint density at radius 1 is 1.33 bits per heavy atom. The first-order chi connectivity index (χ1) is 13.1. The van der Waals surface area contributed by atoms with Gasteiger partial charge in [0.25, 0.3) is 11.8 Å². The quantitative estimate of drug-likeness (QED) is 0.721. The lowest BCUT2D eigenvalue weighted by molar-refractivity contribution is -0.118. The van der Waals surface area contributed by atoms with Crippen LogP contribution in [0.15, 0.2) is 36.7 Å². The summed E-state index contributed by atoms with van der Waals surface area (Å²) in [5.41, 5.74) is 1.00. The number of anilines is 2. The highest BCUT2D eigenvalue weighted by molar-refractivity contribution is 5.99. The van der Waals surface area contributed by atoms with Gasteiger partial charge in [-0.25, -0.2) is 9.97 Å². The summed E-state index contributed by atoms with van der Waals surface area (Å²) in [7, 11) is 0. The Morgan fingerprint density at radius 2 is 2.15 bits per heavy atom. The van der Waals surface area contributed by atoms with Crippen LogP contribution in [0.1, 0.15) is 16.8 Å². The molecule has 0 aliphatic carbocycles. The van der Waals surface area contributed by atoms with Gasteiger partial charge in [0.05, 0.1) is 17.8 Å². The molecule has 0 spiro atoms. The Kier molecular flexibility index (Phi) is 4.59. The van der Waals surface area contributed by atoms with E-state index in [1.807, 2.05) is 0 Å². The summed E-state index contributed by atoms with van der Waals surface area (Å²) in [5.74, 6) is 0.516. The zero-order chi connectivity index (χ0) is 18.8. The van der Waals surface area contributed by atoms with Crippen LogP contribution in [-0.4, -0.2) is 63.6 Å². The number of fused-ring (bicyclic) bond motifs is 1. The zero-order valence-electron chi connectivity index (χ0n) is 14.5. The van der Waals surface area contributed by atoms with E-state index in [4.69, 9.17) is 4.74 Å². The van der Waals surface area contributed by atoms with Crippen LogP contribution in [0.4, 0.5) is 11.6 Å². The molecular formula is C18H19N5O4. The normalized spacial score (nSPS) is 21.7. The second-order valence-electron chi connectivity index (χ2n) is 6.48. The van der Waals surface area contributed by atoms with Gasteiger partial charge in [0, 0.05) is 31.0 Å². The molecule has 0 bridgehead atoms. The number of carbonyl (C=O) groups is 2. The molecule has 3 N–H and O–H groups in total. The number of rotatable bonds is 3. The maximum atomic E-state index is 12.8. The lowest BCUT2D eigenvalue weighted by Crippen LogP contribution is -2.51. The van der Waals surface area contributed by atoms with Gasteiger partial charge in [0.2, 0.25) is 5.95 Å². The Bertz CT molecular complexity index is 860. The Morgan fingerprint density at radius 3 is 2.93 bits per heavy atom. The van der Waals surface area contributed by atoms with Crippen molar-refractivity contribution in [3.05, 3.63) is 42.2 Å². The predicted octanol–water partition coefficient (Wildman–Crippen LogP) is 0.495. The average molecular weight is 369 g/mol. The zero-order valence-corrected chi connectivity index (χ0v) is 14.5. The molecule has 140 valence electrons. The third-order valence-corrected chi connectivity index (χ3v) is 4.61. The topological polar surface area (TPSA) is 117 Å². The second-order valence-corrected chi connectivity index (χ2v) is 6.48. The summed E-state index contributed by atoms with van der Waals surface area (Å²) in [6.07, 6.45) is 3.09. The molecular weight excluding hydrogens is 350 g/mol. The number of carbonyl (C=O) groups excluding carboxylic acids is 2. The van der Waals surface area contributed by atoms with Crippen molar-refractivity contribution in [1.29, 1.82) is 0 Å². The largest absolute Gasteiger partial charge is 0.482 e. The number of piperidine rings is 1. The molecule has 27 heavy (non-hydrogen) atoms. The Hall–Kier alpha value is -3.20. The van der Waals surface area contributed by atoms with Crippen LogP contribution in [0.5, 0.6) is 5.75 Å². The minimum absolute atomic E-state index is 0.0675. The van der Waals surface area contributed by atoms with E-state index in [2.05, 4.69) is 20.6 Å². The van der Waals surface area contributed by atoms with E-state index in [-0.39, 0.29) is 31.0 Å². The van der Waals surface area contributed by atoms with Crippen LogP contribution in [0.25, 0.3) is 0 Å². The highest BCUT2D eigenvalue weighted by Crippen LogP contribution is 2.29. The summed E-state index contributed by atoms with van der Waals surface area (Å²) in [5, 5.41) is 16.2. The van der Waals surface area contributed by atoms with Gasteiger partial charge in [0.15, 0.2) is 6.61 Å². The van der Waals surface area contributed by atoms with E-state index >= 15 is 0 Å². The summed E-state index contributed by atoms with van der Waals surface area (Å²) >= 11 is 0. The fraction of sp³-hybridized carbons (Fsp3) is 0.333. The third kappa shape index (κ3) is 3.68. The minimum Gasteiger partial charge on any atom is -0.482 e. The van der Waals surface area contributed by atoms with E-state index in [9.17, 15) is 14.7 Å². The number of aromatic nitrogens is 2. The summed E-state index contributed by atoms with van der Waals surface area (Å²) in [4.78, 5) is 33.9. The summed E-state index contributed by atoms with van der Waals surface area (Å²) in [6, 6.07) is 6.41. The number of aliphatic hydroxyl groups excluding tert-OH is 1. The number of ether oxygens (including phenoxy) is 1. The van der Waals surface area contributed by atoms with Gasteiger partial charge in [0.1, 0.15) is 5.75 Å². The van der Waals surface area contributed by atoms with Gasteiger partial charge in [-0.05, 0) is 30.7 Å². The molecule has 2 amide bonds. The number of aliphatic hydroxyl groups is 1. The SMILES string of the molecule is O=C1COc2cc(C(=O)N3CC[C@@H](Nc4ncccn4)[C@H](O)C3)ccc2N1. The van der Waals surface area contributed by atoms with Crippen molar-refractivity contribution < 1.29 is 19.4 Å². The predicted molar refractivity (Wildman–Crippen MR) is 96.5 cm³/mol. The van der Waals surface area contributed by atoms with E-state index in [0.717, 1.165) is 0 Å². The van der Waals surface area contributed by atoms with Gasteiger partial charge in [-0.15, -0.1) is 0 Å². The van der Waals surface area contributed by atoms with Crippen molar-refractivity contribution in [2.75, 3.05) is 30.3 Å². The van der Waals surface area contributed by atoms with Gasteiger partial charge < -0.3 is 25.4 Å². The molecule has 2 aromatic rings. The molecule has 1 saturated heterocycles. The molecule has 2 atom stereocenters. The van der Waals surface area contributed by atoms with E-state index in [1.54, 1.807) is 41.6 Å². The molecule has 4 rings (SSSR count). The van der Waals surface area contributed by atoms with Crippen LogP contribution >= 0.6 is 0 Å². The Balaban J connectivity index is 1.41. The smallest absolute Gasteiger partial charge is 0.262 e. The number of hydrogen-bond acceptors (Lipinski definition) is 7. The van der Waals surface area contributed by atoms with Crippen LogP contribution < -0.4 is 15.4 Å². The Labute approximate surface area is 155 Å². The lowest BCUT2D eigenvalue weighted by Gasteiger charge is -2.36. The van der Waals surface area contributed by atoms with Crippen molar-refractivity contribution in [2.45, 2.75) is 18.6 Å². The fourth-order valence-corrected chi connectivity index (χ4v) is 3.21. The van der Waals surface area contributed by atoms with Crippen LogP contribution in [0.2, 0.25) is 0 Å². The minimum atomic E-state index is -0.736. The molecule has 9 nitrogen and oxygen atoms in total. The molecule has 3 heterocycles. The fourth-order valence-electron chi connectivity index (χ4n) is 3.21. The number of hydrogen-bond donors (Lipinski definition) is 3. The summed E-state index contributed by atoms with van der Waals surface area (Å²) in [6.45, 7) is 0.634. The first-order valence-electron chi connectivity index (χ1n) is 8.68. The molecule has 0 radical (unpaired) electrons. The molecule has 2 aliphatic heterocycles. The second kappa shape index (κ2) is 7.20. The maximum Gasteiger partial charge on any atom is 0.262 e. The van der Waals surface area contributed by atoms with Crippen molar-refractivity contribution in [3.63, 3.8) is 0 Å². The first kappa shape index (κ1) is 17.2. The van der Waals surface area contributed by atoms with Gasteiger partial charge >= 0.3 is 0 Å². The third-order valence-electron chi connectivity index (χ3n) is 4.61. The number of likely N-dealkylation sites (tertiary alicyclic amines) is 1. The molecule has 0 unspecified atom stereocenters. The molecule has 1 aromatic carbocycles. The molecule has 0 saturated carbocycles. The van der Waals surface area contributed by atoms with Crippen molar-refractivity contribution in [3.8, 4) is 5.75 Å².